The summed E-state index contributed by atoms with van der Waals surface area (Å²) in [5.74, 6) is -0.136. The lowest BCUT2D eigenvalue weighted by Gasteiger charge is -2.24. The fourth-order valence-electron chi connectivity index (χ4n) is 2.48. The molecular weight excluding hydrogens is 292 g/mol. The van der Waals surface area contributed by atoms with Crippen molar-refractivity contribution in [1.29, 1.82) is 0 Å². The van der Waals surface area contributed by atoms with Crippen LogP contribution in [0.5, 0.6) is 0 Å². The highest BCUT2D eigenvalue weighted by molar-refractivity contribution is 6.00. The van der Waals surface area contributed by atoms with Gasteiger partial charge in [0.05, 0.1) is 6.54 Å². The lowest BCUT2D eigenvalue weighted by Crippen LogP contribution is -2.47. The zero-order valence-electron chi connectivity index (χ0n) is 14.4. The Morgan fingerprint density at radius 3 is 2.43 bits per heavy atom. The fourth-order valence-corrected chi connectivity index (χ4v) is 2.48. The quantitative estimate of drug-likeness (QED) is 0.942. The van der Waals surface area contributed by atoms with Crippen LogP contribution in [0, 0.1) is 6.92 Å². The molecule has 0 radical (unpaired) electrons. The maximum atomic E-state index is 12.7. The van der Waals surface area contributed by atoms with Gasteiger partial charge in [-0.3, -0.25) is 9.59 Å². The van der Waals surface area contributed by atoms with Crippen molar-refractivity contribution in [2.45, 2.75) is 40.2 Å². The Kier molecular flexibility index (Phi) is 4.78. The van der Waals surface area contributed by atoms with E-state index >= 15 is 0 Å². The molecule has 2 aromatic rings. The summed E-state index contributed by atoms with van der Waals surface area (Å²) in [5, 5.41) is 3.79. The van der Waals surface area contributed by atoms with Crippen LogP contribution in [0.4, 0.5) is 0 Å². The molecule has 5 heteroatoms. The molecule has 1 aromatic heterocycles. The van der Waals surface area contributed by atoms with E-state index in [1.165, 1.54) is 4.90 Å². The Bertz CT molecular complexity index is 725. The van der Waals surface area contributed by atoms with Gasteiger partial charge in [0.15, 0.2) is 5.76 Å². The highest BCUT2D eigenvalue weighted by Gasteiger charge is 2.25. The van der Waals surface area contributed by atoms with Crippen molar-refractivity contribution < 1.29 is 14.0 Å². The topological polar surface area (TPSA) is 62.6 Å². The number of benzene rings is 1. The van der Waals surface area contributed by atoms with Crippen molar-refractivity contribution in [3.8, 4) is 0 Å². The van der Waals surface area contributed by atoms with Crippen LogP contribution in [0.2, 0.25) is 0 Å². The molecule has 1 heterocycles. The third-order valence-corrected chi connectivity index (χ3v) is 3.56. The molecule has 0 spiro atoms. The second kappa shape index (κ2) is 6.44. The van der Waals surface area contributed by atoms with Crippen molar-refractivity contribution in [3.63, 3.8) is 0 Å². The second-order valence-electron chi connectivity index (χ2n) is 6.67. The second-order valence-corrected chi connectivity index (χ2v) is 6.67. The Hall–Kier alpha value is -2.30. The van der Waals surface area contributed by atoms with E-state index < -0.39 is 0 Å². The van der Waals surface area contributed by atoms with Crippen molar-refractivity contribution in [2.75, 3.05) is 13.1 Å². The van der Waals surface area contributed by atoms with E-state index in [2.05, 4.69) is 5.32 Å². The van der Waals surface area contributed by atoms with Gasteiger partial charge in [0.25, 0.3) is 5.91 Å². The van der Waals surface area contributed by atoms with Gasteiger partial charge < -0.3 is 14.6 Å². The van der Waals surface area contributed by atoms with Gasteiger partial charge in [0, 0.05) is 23.0 Å². The molecule has 0 atom stereocenters. The van der Waals surface area contributed by atoms with E-state index in [0.29, 0.717) is 17.9 Å². The minimum Gasteiger partial charge on any atom is -0.451 e. The van der Waals surface area contributed by atoms with Crippen LogP contribution in [0.1, 0.15) is 43.8 Å². The Balaban J connectivity index is 2.22. The molecule has 0 aliphatic heterocycles. The predicted octanol–water partition coefficient (Wildman–Crippen LogP) is 3.12. The average Bonchev–Trinajstić information content (AvgIpc) is 2.80. The molecule has 1 aromatic carbocycles. The first-order valence-corrected chi connectivity index (χ1v) is 7.81. The normalized spacial score (nSPS) is 11.5. The van der Waals surface area contributed by atoms with Crippen LogP contribution in [0.3, 0.4) is 0 Å². The molecule has 2 rings (SSSR count). The average molecular weight is 316 g/mol. The van der Waals surface area contributed by atoms with Gasteiger partial charge in [-0.1, -0.05) is 18.2 Å². The third-order valence-electron chi connectivity index (χ3n) is 3.56. The maximum absolute atomic E-state index is 12.7. The number of aryl methyl sites for hydroxylation is 1. The standard InChI is InChI=1S/C18H24N2O3/c1-6-20(11-15(21)19-18(3,4)5)17(22)16-12(2)13-9-7-8-10-14(13)23-16/h7-10H,6,11H2,1-5H3,(H,19,21). The molecule has 0 fully saturated rings. The van der Waals surface area contributed by atoms with Crippen LogP contribution < -0.4 is 5.32 Å². The Morgan fingerprint density at radius 2 is 1.87 bits per heavy atom. The van der Waals surface area contributed by atoms with Crippen LogP contribution in [-0.4, -0.2) is 35.3 Å². The first kappa shape index (κ1) is 17.1. The number of furan rings is 1. The number of hydrogen-bond donors (Lipinski definition) is 1. The molecule has 1 N–H and O–H groups in total. The lowest BCUT2D eigenvalue weighted by molar-refractivity contribution is -0.123. The number of carbonyl (C=O) groups excluding carboxylic acids is 2. The van der Waals surface area contributed by atoms with Gasteiger partial charge in [0.1, 0.15) is 5.58 Å². The SMILES string of the molecule is CCN(CC(=O)NC(C)(C)C)C(=O)c1oc2ccccc2c1C. The molecule has 0 unspecified atom stereocenters. The molecule has 0 bridgehead atoms. The number of amides is 2. The summed E-state index contributed by atoms with van der Waals surface area (Å²) < 4.78 is 5.70. The number of nitrogens with zero attached hydrogens (tertiary/aromatic N) is 1. The molecule has 0 aliphatic carbocycles. The van der Waals surface area contributed by atoms with Crippen LogP contribution >= 0.6 is 0 Å². The van der Waals surface area contributed by atoms with Crippen molar-refractivity contribution in [3.05, 3.63) is 35.6 Å². The van der Waals surface area contributed by atoms with Crippen molar-refractivity contribution in [2.24, 2.45) is 0 Å². The zero-order valence-corrected chi connectivity index (χ0v) is 14.4. The number of likely N-dealkylation sites (N-methyl/N-ethyl adjacent to an activating group) is 1. The van der Waals surface area contributed by atoms with E-state index in [0.717, 1.165) is 10.9 Å². The number of para-hydroxylation sites is 1. The smallest absolute Gasteiger partial charge is 0.290 e. The number of hydrogen-bond acceptors (Lipinski definition) is 3. The van der Waals surface area contributed by atoms with Gasteiger partial charge in [0.2, 0.25) is 5.91 Å². The van der Waals surface area contributed by atoms with E-state index in [1.54, 1.807) is 0 Å². The fraction of sp³-hybridized carbons (Fsp3) is 0.444. The molecule has 124 valence electrons. The minimum atomic E-state index is -0.325. The van der Waals surface area contributed by atoms with Gasteiger partial charge in [-0.2, -0.15) is 0 Å². The van der Waals surface area contributed by atoms with Gasteiger partial charge >= 0.3 is 0 Å². The first-order chi connectivity index (χ1) is 10.7. The maximum Gasteiger partial charge on any atom is 0.290 e. The Morgan fingerprint density at radius 1 is 1.22 bits per heavy atom. The molecule has 0 saturated heterocycles. The monoisotopic (exact) mass is 316 g/mol. The van der Waals surface area contributed by atoms with Gasteiger partial charge in [-0.05, 0) is 40.7 Å². The molecule has 0 saturated carbocycles. The predicted molar refractivity (Wildman–Crippen MR) is 90.4 cm³/mol. The Labute approximate surface area is 136 Å². The number of carbonyl (C=O) groups is 2. The van der Waals surface area contributed by atoms with Crippen LogP contribution in [-0.2, 0) is 4.79 Å². The van der Waals surface area contributed by atoms with E-state index in [9.17, 15) is 9.59 Å². The molecule has 0 aliphatic rings. The minimum absolute atomic E-state index is 0.0170. The number of fused-ring (bicyclic) bond motifs is 1. The molecule has 23 heavy (non-hydrogen) atoms. The van der Waals surface area contributed by atoms with E-state index in [4.69, 9.17) is 4.42 Å². The van der Waals surface area contributed by atoms with Gasteiger partial charge in [-0.25, -0.2) is 0 Å². The molecule has 5 nitrogen and oxygen atoms in total. The zero-order chi connectivity index (χ0) is 17.2. The summed E-state index contributed by atoms with van der Waals surface area (Å²) in [4.78, 5) is 26.3. The summed E-state index contributed by atoms with van der Waals surface area (Å²) >= 11 is 0. The van der Waals surface area contributed by atoms with E-state index in [-0.39, 0.29) is 23.9 Å². The summed E-state index contributed by atoms with van der Waals surface area (Å²) in [6.07, 6.45) is 0. The summed E-state index contributed by atoms with van der Waals surface area (Å²) in [5.41, 5.74) is 1.17. The van der Waals surface area contributed by atoms with E-state index in [1.807, 2.05) is 58.9 Å². The summed E-state index contributed by atoms with van der Waals surface area (Å²) in [6.45, 7) is 9.89. The third kappa shape index (κ3) is 3.92. The lowest BCUT2D eigenvalue weighted by atomic mass is 10.1. The highest BCUT2D eigenvalue weighted by Crippen LogP contribution is 2.25. The molecular formula is C18H24N2O3. The summed E-state index contributed by atoms with van der Waals surface area (Å²) in [7, 11) is 0. The largest absolute Gasteiger partial charge is 0.451 e. The number of rotatable bonds is 4. The number of nitrogens with one attached hydrogen (secondary N) is 1. The van der Waals surface area contributed by atoms with Crippen LogP contribution in [0.15, 0.2) is 28.7 Å². The van der Waals surface area contributed by atoms with Crippen molar-refractivity contribution >= 4 is 22.8 Å². The highest BCUT2D eigenvalue weighted by atomic mass is 16.3. The summed E-state index contributed by atoms with van der Waals surface area (Å²) in [6, 6.07) is 7.54. The van der Waals surface area contributed by atoms with Crippen LogP contribution in [0.25, 0.3) is 11.0 Å². The first-order valence-electron chi connectivity index (χ1n) is 7.81. The molecule has 2 amide bonds. The van der Waals surface area contributed by atoms with Crippen molar-refractivity contribution in [1.82, 2.24) is 10.2 Å². The van der Waals surface area contributed by atoms with Gasteiger partial charge in [-0.15, -0.1) is 0 Å².